The van der Waals surface area contributed by atoms with Gasteiger partial charge in [0.1, 0.15) is 5.82 Å². The second-order valence-electron chi connectivity index (χ2n) is 3.99. The van der Waals surface area contributed by atoms with Crippen molar-refractivity contribution >= 4 is 11.7 Å². The molecule has 0 bridgehead atoms. The number of nitrogens with one attached hydrogen (secondary N) is 1. The number of aromatic nitrogens is 2. The van der Waals surface area contributed by atoms with E-state index < -0.39 is 17.5 Å². The van der Waals surface area contributed by atoms with Crippen molar-refractivity contribution in [1.82, 2.24) is 15.1 Å². The molecule has 1 heterocycles. The number of benzene rings is 1. The number of hydrogen-bond acceptors (Lipinski definition) is 3. The lowest BCUT2D eigenvalue weighted by Crippen LogP contribution is -2.23. The van der Waals surface area contributed by atoms with Crippen molar-refractivity contribution in [2.24, 2.45) is 7.05 Å². The highest BCUT2D eigenvalue weighted by molar-refractivity contribution is 5.94. The number of carbonyl (C=O) groups excluding carboxylic acids is 1. The number of nitrogens with zero attached hydrogens (tertiary/aromatic N) is 2. The molecule has 3 N–H and O–H groups in total. The highest BCUT2D eigenvalue weighted by atomic mass is 19.2. The van der Waals surface area contributed by atoms with Crippen LogP contribution in [0.1, 0.15) is 15.9 Å². The van der Waals surface area contributed by atoms with E-state index in [0.717, 1.165) is 12.1 Å². The fraction of sp³-hybridized carbons (Fsp3) is 0.167. The maximum absolute atomic E-state index is 13.0. The van der Waals surface area contributed by atoms with E-state index in [4.69, 9.17) is 5.73 Å². The van der Waals surface area contributed by atoms with E-state index in [0.29, 0.717) is 11.4 Å². The van der Waals surface area contributed by atoms with Crippen LogP contribution in [0, 0.1) is 11.6 Å². The van der Waals surface area contributed by atoms with Crippen molar-refractivity contribution in [2.75, 3.05) is 5.73 Å². The van der Waals surface area contributed by atoms with E-state index >= 15 is 0 Å². The highest BCUT2D eigenvalue weighted by Crippen LogP contribution is 2.11. The van der Waals surface area contributed by atoms with Gasteiger partial charge in [-0.3, -0.25) is 9.48 Å². The normalized spacial score (nSPS) is 10.5. The van der Waals surface area contributed by atoms with Gasteiger partial charge in [0.05, 0.1) is 6.20 Å². The van der Waals surface area contributed by atoms with Crippen LogP contribution in [0.4, 0.5) is 14.6 Å². The third-order valence-corrected chi connectivity index (χ3v) is 2.69. The summed E-state index contributed by atoms with van der Waals surface area (Å²) in [5, 5.41) is 6.48. The lowest BCUT2D eigenvalue weighted by molar-refractivity contribution is 0.0950. The van der Waals surface area contributed by atoms with Gasteiger partial charge >= 0.3 is 0 Å². The Labute approximate surface area is 108 Å². The predicted octanol–water partition coefficient (Wildman–Crippen LogP) is 1.21. The van der Waals surface area contributed by atoms with Crippen LogP contribution >= 0.6 is 0 Å². The first kappa shape index (κ1) is 13.0. The molecule has 0 aliphatic heterocycles. The van der Waals surface area contributed by atoms with Crippen molar-refractivity contribution in [2.45, 2.75) is 6.54 Å². The molecule has 1 aromatic heterocycles. The number of nitrogen functional groups attached to an aromatic ring is 1. The van der Waals surface area contributed by atoms with Crippen molar-refractivity contribution < 1.29 is 13.6 Å². The number of rotatable bonds is 3. The monoisotopic (exact) mass is 266 g/mol. The standard InChI is InChI=1S/C12H12F2N4O/c1-18-11(15)8(6-17-18)5-16-12(19)7-2-3-9(13)10(14)4-7/h2-4,6H,5,15H2,1H3,(H,16,19). The molecule has 2 aromatic rings. The average molecular weight is 266 g/mol. The maximum Gasteiger partial charge on any atom is 0.251 e. The van der Waals surface area contributed by atoms with E-state index in [9.17, 15) is 13.6 Å². The van der Waals surface area contributed by atoms with Crippen LogP contribution in [0.2, 0.25) is 0 Å². The van der Waals surface area contributed by atoms with Gasteiger partial charge in [0.2, 0.25) is 0 Å². The molecule has 5 nitrogen and oxygen atoms in total. The summed E-state index contributed by atoms with van der Waals surface area (Å²) in [5.74, 6) is -2.13. The summed E-state index contributed by atoms with van der Waals surface area (Å²) >= 11 is 0. The Balaban J connectivity index is 2.05. The second kappa shape index (κ2) is 5.05. The van der Waals surface area contributed by atoms with Gasteiger partial charge in [-0.15, -0.1) is 0 Å². The summed E-state index contributed by atoms with van der Waals surface area (Å²) in [6.45, 7) is 0.164. The molecule has 0 spiro atoms. The second-order valence-corrected chi connectivity index (χ2v) is 3.99. The number of halogens is 2. The Morgan fingerprint density at radius 2 is 2.16 bits per heavy atom. The molecular formula is C12H12F2N4O. The van der Waals surface area contributed by atoms with Crippen LogP contribution in [0.5, 0.6) is 0 Å². The molecule has 0 unspecified atom stereocenters. The number of nitrogens with two attached hydrogens (primary N) is 1. The van der Waals surface area contributed by atoms with E-state index in [1.165, 1.54) is 16.9 Å². The molecule has 0 aliphatic carbocycles. The number of aryl methyl sites for hydroxylation is 1. The number of amides is 1. The lowest BCUT2D eigenvalue weighted by atomic mass is 10.2. The van der Waals surface area contributed by atoms with Crippen molar-refractivity contribution in [1.29, 1.82) is 0 Å². The third kappa shape index (κ3) is 2.70. The summed E-state index contributed by atoms with van der Waals surface area (Å²) in [4.78, 5) is 11.7. The first-order chi connectivity index (χ1) is 8.99. The molecule has 0 radical (unpaired) electrons. The smallest absolute Gasteiger partial charge is 0.251 e. The van der Waals surface area contributed by atoms with E-state index in [1.54, 1.807) is 7.05 Å². The van der Waals surface area contributed by atoms with Crippen LogP contribution in [-0.4, -0.2) is 15.7 Å². The fourth-order valence-electron chi connectivity index (χ4n) is 1.54. The summed E-state index contributed by atoms with van der Waals surface area (Å²) in [6.07, 6.45) is 1.53. The van der Waals surface area contributed by atoms with Crippen LogP contribution in [0.25, 0.3) is 0 Å². The maximum atomic E-state index is 13.0. The zero-order valence-corrected chi connectivity index (χ0v) is 10.2. The number of carbonyl (C=O) groups is 1. The minimum atomic E-state index is -1.06. The number of anilines is 1. The van der Waals surface area contributed by atoms with Crippen LogP contribution in [-0.2, 0) is 13.6 Å². The summed E-state index contributed by atoms with van der Waals surface area (Å²) in [5.41, 5.74) is 6.41. The van der Waals surface area contributed by atoms with Gasteiger partial charge in [0.15, 0.2) is 11.6 Å². The van der Waals surface area contributed by atoms with Gasteiger partial charge in [0, 0.05) is 24.7 Å². The van der Waals surface area contributed by atoms with Gasteiger partial charge in [-0.2, -0.15) is 5.10 Å². The minimum absolute atomic E-state index is 0.0429. The van der Waals surface area contributed by atoms with Crippen molar-refractivity contribution in [3.05, 3.63) is 47.2 Å². The van der Waals surface area contributed by atoms with E-state index in [2.05, 4.69) is 10.4 Å². The SMILES string of the molecule is Cn1ncc(CNC(=O)c2ccc(F)c(F)c2)c1N. The molecule has 0 aliphatic rings. The van der Waals surface area contributed by atoms with Crippen LogP contribution in [0.15, 0.2) is 24.4 Å². The predicted molar refractivity (Wildman–Crippen MR) is 65.1 cm³/mol. The largest absolute Gasteiger partial charge is 0.384 e. The molecule has 0 atom stereocenters. The Kier molecular flexibility index (Phi) is 3.46. The van der Waals surface area contributed by atoms with Gasteiger partial charge in [-0.05, 0) is 18.2 Å². The van der Waals surface area contributed by atoms with E-state index in [1.807, 2.05) is 0 Å². The van der Waals surface area contributed by atoms with Gasteiger partial charge in [-0.25, -0.2) is 8.78 Å². The lowest BCUT2D eigenvalue weighted by Gasteiger charge is -2.05. The van der Waals surface area contributed by atoms with Gasteiger partial charge in [0.25, 0.3) is 5.91 Å². The van der Waals surface area contributed by atoms with Crippen molar-refractivity contribution in [3.63, 3.8) is 0 Å². The first-order valence-corrected chi connectivity index (χ1v) is 5.48. The zero-order chi connectivity index (χ0) is 14.0. The average Bonchev–Trinajstić information content (AvgIpc) is 2.70. The Morgan fingerprint density at radius 1 is 1.42 bits per heavy atom. The molecule has 2 rings (SSSR count). The van der Waals surface area contributed by atoms with Crippen LogP contribution < -0.4 is 11.1 Å². The first-order valence-electron chi connectivity index (χ1n) is 5.48. The summed E-state index contributed by atoms with van der Waals surface area (Å²) in [6, 6.07) is 2.96. The minimum Gasteiger partial charge on any atom is -0.384 e. The third-order valence-electron chi connectivity index (χ3n) is 2.69. The Hall–Kier alpha value is -2.44. The van der Waals surface area contributed by atoms with Gasteiger partial charge < -0.3 is 11.1 Å². The molecule has 100 valence electrons. The van der Waals surface area contributed by atoms with Gasteiger partial charge in [-0.1, -0.05) is 0 Å². The number of hydrogen-bond donors (Lipinski definition) is 2. The van der Waals surface area contributed by atoms with Crippen LogP contribution in [0.3, 0.4) is 0 Å². The Morgan fingerprint density at radius 3 is 2.74 bits per heavy atom. The molecule has 1 aromatic carbocycles. The molecule has 0 saturated heterocycles. The fourth-order valence-corrected chi connectivity index (χ4v) is 1.54. The molecule has 0 fully saturated rings. The zero-order valence-electron chi connectivity index (χ0n) is 10.2. The molecule has 1 amide bonds. The summed E-state index contributed by atoms with van der Waals surface area (Å²) < 4.78 is 27.2. The Bertz CT molecular complexity index is 624. The molecular weight excluding hydrogens is 254 g/mol. The quantitative estimate of drug-likeness (QED) is 0.877. The van der Waals surface area contributed by atoms with Crippen molar-refractivity contribution in [3.8, 4) is 0 Å². The molecule has 7 heteroatoms. The topological polar surface area (TPSA) is 72.9 Å². The van der Waals surface area contributed by atoms with E-state index in [-0.39, 0.29) is 12.1 Å². The molecule has 0 saturated carbocycles. The summed E-state index contributed by atoms with van der Waals surface area (Å²) in [7, 11) is 1.68. The molecule has 19 heavy (non-hydrogen) atoms. The highest BCUT2D eigenvalue weighted by Gasteiger charge is 2.11.